The van der Waals surface area contributed by atoms with Crippen molar-refractivity contribution in [2.75, 3.05) is 13.1 Å². The third kappa shape index (κ3) is 1.54. The van der Waals surface area contributed by atoms with Gasteiger partial charge in [0.2, 0.25) is 5.91 Å². The Morgan fingerprint density at radius 1 is 1.89 bits per heavy atom. The highest BCUT2D eigenvalue weighted by Crippen LogP contribution is 1.95. The lowest BCUT2D eigenvalue weighted by Gasteiger charge is -2.09. The highest BCUT2D eigenvalue weighted by Gasteiger charge is 2.15. The van der Waals surface area contributed by atoms with Crippen LogP contribution in [0.25, 0.3) is 0 Å². The first-order chi connectivity index (χ1) is 4.33. The van der Waals surface area contributed by atoms with Crippen LogP contribution in [0.2, 0.25) is 0 Å². The van der Waals surface area contributed by atoms with Gasteiger partial charge in [-0.05, 0) is 0 Å². The van der Waals surface area contributed by atoms with E-state index in [0.717, 1.165) is 13.1 Å². The molecule has 3 heteroatoms. The molecule has 1 heterocycles. The van der Waals surface area contributed by atoms with E-state index in [4.69, 9.17) is 0 Å². The van der Waals surface area contributed by atoms with Crippen molar-refractivity contribution < 1.29 is 4.79 Å². The second-order valence-electron chi connectivity index (χ2n) is 2.02. The molecule has 1 fully saturated rings. The average molecular weight is 126 g/mol. The van der Waals surface area contributed by atoms with Crippen molar-refractivity contribution in [3.8, 4) is 0 Å². The lowest BCUT2D eigenvalue weighted by atomic mass is 10.4. The van der Waals surface area contributed by atoms with Crippen molar-refractivity contribution in [3.05, 3.63) is 12.7 Å². The van der Waals surface area contributed by atoms with Crippen LogP contribution in [-0.4, -0.2) is 24.0 Å². The standard InChI is InChI=1S/C6H10N2O/c1-2-4-8-5-3-6(9)7-8/h2H,1,3-5H2,(H,7,9). The zero-order valence-corrected chi connectivity index (χ0v) is 5.26. The van der Waals surface area contributed by atoms with Gasteiger partial charge >= 0.3 is 0 Å². The van der Waals surface area contributed by atoms with Gasteiger partial charge in [-0.1, -0.05) is 6.08 Å². The Bertz CT molecular complexity index is 133. The first-order valence-electron chi connectivity index (χ1n) is 2.98. The quantitative estimate of drug-likeness (QED) is 0.524. The van der Waals surface area contributed by atoms with Crippen molar-refractivity contribution in [3.63, 3.8) is 0 Å². The molecule has 1 rings (SSSR count). The van der Waals surface area contributed by atoms with Crippen LogP contribution in [0.4, 0.5) is 0 Å². The van der Waals surface area contributed by atoms with E-state index in [1.165, 1.54) is 0 Å². The number of hydrogen-bond donors (Lipinski definition) is 1. The monoisotopic (exact) mass is 126 g/mol. The minimum atomic E-state index is 0.108. The number of nitrogens with one attached hydrogen (secondary N) is 1. The lowest BCUT2D eigenvalue weighted by molar-refractivity contribution is -0.120. The molecule has 1 amide bonds. The van der Waals surface area contributed by atoms with Gasteiger partial charge in [0.05, 0.1) is 0 Å². The molecule has 0 radical (unpaired) electrons. The molecule has 0 bridgehead atoms. The number of carbonyl (C=O) groups excluding carboxylic acids is 1. The van der Waals surface area contributed by atoms with E-state index >= 15 is 0 Å². The molecule has 50 valence electrons. The van der Waals surface area contributed by atoms with Crippen molar-refractivity contribution in [1.82, 2.24) is 10.4 Å². The fourth-order valence-electron chi connectivity index (χ4n) is 0.817. The van der Waals surface area contributed by atoms with Gasteiger partial charge in [-0.25, -0.2) is 5.01 Å². The van der Waals surface area contributed by atoms with Gasteiger partial charge < -0.3 is 0 Å². The second kappa shape index (κ2) is 2.64. The fraction of sp³-hybridized carbons (Fsp3) is 0.500. The number of nitrogens with zero attached hydrogens (tertiary/aromatic N) is 1. The van der Waals surface area contributed by atoms with Crippen LogP contribution < -0.4 is 5.43 Å². The van der Waals surface area contributed by atoms with Gasteiger partial charge in [-0.15, -0.1) is 6.58 Å². The molecule has 0 aromatic rings. The maximum Gasteiger partial charge on any atom is 0.235 e. The number of rotatable bonds is 2. The summed E-state index contributed by atoms with van der Waals surface area (Å²) in [4.78, 5) is 10.5. The molecule has 0 aromatic heterocycles. The van der Waals surface area contributed by atoms with E-state index in [9.17, 15) is 4.79 Å². The Morgan fingerprint density at radius 2 is 2.67 bits per heavy atom. The summed E-state index contributed by atoms with van der Waals surface area (Å²) >= 11 is 0. The van der Waals surface area contributed by atoms with Crippen molar-refractivity contribution in [2.24, 2.45) is 0 Å². The summed E-state index contributed by atoms with van der Waals surface area (Å²) in [5, 5.41) is 1.84. The normalized spacial score (nSPS) is 19.8. The minimum absolute atomic E-state index is 0.108. The molecule has 0 unspecified atom stereocenters. The number of carbonyl (C=O) groups is 1. The molecule has 3 nitrogen and oxygen atoms in total. The van der Waals surface area contributed by atoms with Crippen LogP contribution in [0.15, 0.2) is 12.7 Å². The van der Waals surface area contributed by atoms with Crippen LogP contribution in [0, 0.1) is 0 Å². The molecule has 1 N–H and O–H groups in total. The second-order valence-corrected chi connectivity index (χ2v) is 2.02. The maximum absolute atomic E-state index is 10.5. The lowest BCUT2D eigenvalue weighted by Crippen LogP contribution is -2.32. The zero-order chi connectivity index (χ0) is 6.69. The van der Waals surface area contributed by atoms with Crippen molar-refractivity contribution >= 4 is 5.91 Å². The molecule has 0 aromatic carbocycles. The van der Waals surface area contributed by atoms with Gasteiger partial charge in [-0.2, -0.15) is 0 Å². The Kier molecular flexibility index (Phi) is 1.85. The van der Waals surface area contributed by atoms with E-state index in [0.29, 0.717) is 6.42 Å². The number of amides is 1. The Balaban J connectivity index is 2.29. The fourth-order valence-corrected chi connectivity index (χ4v) is 0.817. The summed E-state index contributed by atoms with van der Waals surface area (Å²) in [5.41, 5.74) is 2.68. The van der Waals surface area contributed by atoms with E-state index in [2.05, 4.69) is 12.0 Å². The average Bonchev–Trinajstić information content (AvgIpc) is 2.17. The molecule has 1 aliphatic heterocycles. The molecule has 0 saturated carbocycles. The van der Waals surface area contributed by atoms with Gasteiger partial charge in [0.15, 0.2) is 0 Å². The molecular formula is C6H10N2O. The summed E-state index contributed by atoms with van der Waals surface area (Å²) in [6.07, 6.45) is 2.39. The van der Waals surface area contributed by atoms with E-state index < -0.39 is 0 Å². The molecule has 0 spiro atoms. The van der Waals surface area contributed by atoms with Gasteiger partial charge in [0.1, 0.15) is 0 Å². The van der Waals surface area contributed by atoms with Crippen LogP contribution in [0.1, 0.15) is 6.42 Å². The first kappa shape index (κ1) is 6.29. The summed E-state index contributed by atoms with van der Waals surface area (Å²) in [6.45, 7) is 5.11. The van der Waals surface area contributed by atoms with Crippen molar-refractivity contribution in [1.29, 1.82) is 0 Å². The molecule has 9 heavy (non-hydrogen) atoms. The molecule has 0 atom stereocenters. The highest BCUT2D eigenvalue weighted by molar-refractivity contribution is 5.77. The Hall–Kier alpha value is -0.830. The number of hydrogen-bond acceptors (Lipinski definition) is 2. The summed E-state index contributed by atoms with van der Waals surface area (Å²) in [5.74, 6) is 0.108. The molecule has 1 aliphatic rings. The van der Waals surface area contributed by atoms with Gasteiger partial charge in [-0.3, -0.25) is 10.2 Å². The largest absolute Gasteiger partial charge is 0.289 e. The van der Waals surface area contributed by atoms with Crippen LogP contribution in [-0.2, 0) is 4.79 Å². The third-order valence-electron chi connectivity index (χ3n) is 1.24. The minimum Gasteiger partial charge on any atom is -0.289 e. The Morgan fingerprint density at radius 3 is 3.11 bits per heavy atom. The highest BCUT2D eigenvalue weighted by atomic mass is 16.2. The summed E-state index contributed by atoms with van der Waals surface area (Å²) in [6, 6.07) is 0. The van der Waals surface area contributed by atoms with Crippen molar-refractivity contribution in [2.45, 2.75) is 6.42 Å². The van der Waals surface area contributed by atoms with E-state index in [-0.39, 0.29) is 5.91 Å². The van der Waals surface area contributed by atoms with E-state index in [1.807, 2.05) is 5.01 Å². The summed E-state index contributed by atoms with van der Waals surface area (Å²) in [7, 11) is 0. The zero-order valence-electron chi connectivity index (χ0n) is 5.26. The first-order valence-corrected chi connectivity index (χ1v) is 2.98. The van der Waals surface area contributed by atoms with Crippen LogP contribution in [0.5, 0.6) is 0 Å². The molecule has 1 saturated heterocycles. The molecule has 0 aliphatic carbocycles. The van der Waals surface area contributed by atoms with Gasteiger partial charge in [0, 0.05) is 19.5 Å². The Labute approximate surface area is 54.3 Å². The predicted octanol–water partition coefficient (Wildman–Crippen LogP) is -0.0907. The van der Waals surface area contributed by atoms with Crippen LogP contribution in [0.3, 0.4) is 0 Å². The smallest absolute Gasteiger partial charge is 0.235 e. The predicted molar refractivity (Wildman–Crippen MR) is 34.5 cm³/mol. The molecular weight excluding hydrogens is 116 g/mol. The third-order valence-corrected chi connectivity index (χ3v) is 1.24. The maximum atomic E-state index is 10.5. The topological polar surface area (TPSA) is 32.3 Å². The SMILES string of the molecule is C=CCN1CCC(=O)N1. The van der Waals surface area contributed by atoms with Crippen LogP contribution >= 0.6 is 0 Å². The number of hydrazine groups is 1. The van der Waals surface area contributed by atoms with E-state index in [1.54, 1.807) is 6.08 Å². The summed E-state index contributed by atoms with van der Waals surface area (Å²) < 4.78 is 0. The van der Waals surface area contributed by atoms with Gasteiger partial charge in [0.25, 0.3) is 0 Å².